The molecule has 0 saturated carbocycles. The molecule has 0 aliphatic carbocycles. The van der Waals surface area contributed by atoms with E-state index >= 15 is 0 Å². The van der Waals surface area contributed by atoms with Gasteiger partial charge in [-0.2, -0.15) is 10.2 Å². The van der Waals surface area contributed by atoms with Crippen molar-refractivity contribution in [2.24, 2.45) is 7.05 Å². The van der Waals surface area contributed by atoms with Crippen molar-refractivity contribution < 1.29 is 4.79 Å². The van der Waals surface area contributed by atoms with Crippen LogP contribution in [-0.2, 0) is 13.6 Å². The average Bonchev–Trinajstić information content (AvgIpc) is 3.05. The third kappa shape index (κ3) is 3.60. The van der Waals surface area contributed by atoms with Crippen molar-refractivity contribution in [3.63, 3.8) is 0 Å². The molecular formula is C16H15Cl2N5O. The van der Waals surface area contributed by atoms with Crippen LogP contribution >= 0.6 is 23.2 Å². The maximum absolute atomic E-state index is 12.2. The third-order valence-corrected chi connectivity index (χ3v) is 4.08. The maximum atomic E-state index is 12.2. The van der Waals surface area contributed by atoms with Crippen molar-refractivity contribution in [1.29, 1.82) is 0 Å². The molecule has 0 radical (unpaired) electrons. The molecule has 124 valence electrons. The van der Waals surface area contributed by atoms with Crippen LogP contribution in [0.3, 0.4) is 0 Å². The van der Waals surface area contributed by atoms with Crippen LogP contribution < -0.4 is 5.32 Å². The number of anilines is 1. The zero-order chi connectivity index (χ0) is 17.3. The van der Waals surface area contributed by atoms with E-state index in [1.165, 1.54) is 0 Å². The number of hydrogen-bond donors (Lipinski definition) is 1. The number of rotatable bonds is 4. The number of halogens is 2. The van der Waals surface area contributed by atoms with Crippen LogP contribution in [0.1, 0.15) is 21.7 Å². The number of aromatic nitrogens is 4. The molecule has 0 aliphatic rings. The van der Waals surface area contributed by atoms with E-state index in [0.29, 0.717) is 28.1 Å². The van der Waals surface area contributed by atoms with Crippen molar-refractivity contribution in [1.82, 2.24) is 19.6 Å². The number of aryl methyl sites for hydroxylation is 2. The molecule has 2 heterocycles. The SMILES string of the molecule is Cc1cc(C(=O)Nc2nn(Cc3ccc(Cl)cc3)cc2Cl)nn1C. The van der Waals surface area contributed by atoms with E-state index in [1.54, 1.807) is 28.7 Å². The Balaban J connectivity index is 1.74. The summed E-state index contributed by atoms with van der Waals surface area (Å²) < 4.78 is 3.29. The van der Waals surface area contributed by atoms with Crippen LogP contribution in [-0.4, -0.2) is 25.5 Å². The summed E-state index contributed by atoms with van der Waals surface area (Å²) in [6.45, 7) is 2.40. The molecule has 0 saturated heterocycles. The fourth-order valence-corrected chi connectivity index (χ4v) is 2.51. The monoisotopic (exact) mass is 363 g/mol. The fraction of sp³-hybridized carbons (Fsp3) is 0.188. The molecule has 0 aliphatic heterocycles. The zero-order valence-electron chi connectivity index (χ0n) is 13.1. The van der Waals surface area contributed by atoms with E-state index in [9.17, 15) is 4.79 Å². The van der Waals surface area contributed by atoms with E-state index in [4.69, 9.17) is 23.2 Å². The highest BCUT2D eigenvalue weighted by molar-refractivity contribution is 6.33. The summed E-state index contributed by atoms with van der Waals surface area (Å²) in [6, 6.07) is 9.15. The molecule has 8 heteroatoms. The van der Waals surface area contributed by atoms with Crippen LogP contribution in [0.2, 0.25) is 10.0 Å². The van der Waals surface area contributed by atoms with Crippen LogP contribution in [0.15, 0.2) is 36.5 Å². The molecule has 0 atom stereocenters. The second-order valence-electron chi connectivity index (χ2n) is 5.40. The van der Waals surface area contributed by atoms with Gasteiger partial charge in [-0.05, 0) is 30.7 Å². The normalized spacial score (nSPS) is 10.8. The molecule has 0 spiro atoms. The molecule has 1 aromatic carbocycles. The van der Waals surface area contributed by atoms with Crippen LogP contribution in [0.4, 0.5) is 5.82 Å². The van der Waals surface area contributed by atoms with Crippen LogP contribution in [0.25, 0.3) is 0 Å². The second-order valence-corrected chi connectivity index (χ2v) is 6.24. The molecule has 2 aromatic heterocycles. The Morgan fingerprint density at radius 2 is 1.92 bits per heavy atom. The molecule has 24 heavy (non-hydrogen) atoms. The lowest BCUT2D eigenvalue weighted by Crippen LogP contribution is -2.14. The van der Waals surface area contributed by atoms with Gasteiger partial charge in [-0.15, -0.1) is 0 Å². The van der Waals surface area contributed by atoms with Gasteiger partial charge in [0.15, 0.2) is 11.5 Å². The Labute approximate surface area is 149 Å². The Kier molecular flexibility index (Phi) is 4.59. The largest absolute Gasteiger partial charge is 0.302 e. The molecule has 0 fully saturated rings. The minimum absolute atomic E-state index is 0.305. The summed E-state index contributed by atoms with van der Waals surface area (Å²) in [7, 11) is 1.78. The Bertz CT molecular complexity index is 863. The molecule has 1 amide bonds. The number of hydrogen-bond acceptors (Lipinski definition) is 3. The first kappa shape index (κ1) is 16.5. The van der Waals surface area contributed by atoms with E-state index in [0.717, 1.165) is 11.3 Å². The van der Waals surface area contributed by atoms with Crippen LogP contribution in [0.5, 0.6) is 0 Å². The lowest BCUT2D eigenvalue weighted by atomic mass is 10.2. The van der Waals surface area contributed by atoms with E-state index < -0.39 is 0 Å². The van der Waals surface area contributed by atoms with Crippen molar-refractivity contribution in [3.05, 3.63) is 63.5 Å². The first-order valence-electron chi connectivity index (χ1n) is 7.22. The van der Waals surface area contributed by atoms with Gasteiger partial charge in [0.05, 0.1) is 6.54 Å². The molecule has 1 N–H and O–H groups in total. The van der Waals surface area contributed by atoms with Gasteiger partial charge in [0.2, 0.25) is 0 Å². The molecule has 3 rings (SSSR count). The number of nitrogens with zero attached hydrogens (tertiary/aromatic N) is 4. The molecule has 6 nitrogen and oxygen atoms in total. The fourth-order valence-electron chi connectivity index (χ4n) is 2.18. The van der Waals surface area contributed by atoms with Crippen molar-refractivity contribution >= 4 is 34.9 Å². The Hall–Kier alpha value is -2.31. The highest BCUT2D eigenvalue weighted by atomic mass is 35.5. The van der Waals surface area contributed by atoms with E-state index in [2.05, 4.69) is 15.5 Å². The first-order valence-corrected chi connectivity index (χ1v) is 7.97. The minimum atomic E-state index is -0.350. The van der Waals surface area contributed by atoms with Gasteiger partial charge in [-0.1, -0.05) is 35.3 Å². The lowest BCUT2D eigenvalue weighted by molar-refractivity contribution is 0.102. The van der Waals surface area contributed by atoms with E-state index in [-0.39, 0.29) is 5.91 Å². The summed E-state index contributed by atoms with van der Waals surface area (Å²) in [6.07, 6.45) is 1.66. The van der Waals surface area contributed by atoms with Crippen molar-refractivity contribution in [2.45, 2.75) is 13.5 Å². The number of carbonyl (C=O) groups excluding carboxylic acids is 1. The Morgan fingerprint density at radius 3 is 2.54 bits per heavy atom. The molecule has 0 bridgehead atoms. The number of nitrogens with one attached hydrogen (secondary N) is 1. The first-order chi connectivity index (χ1) is 11.4. The Morgan fingerprint density at radius 1 is 1.21 bits per heavy atom. The average molecular weight is 364 g/mol. The van der Waals surface area contributed by atoms with Gasteiger partial charge in [0.1, 0.15) is 5.02 Å². The zero-order valence-corrected chi connectivity index (χ0v) is 14.6. The smallest absolute Gasteiger partial charge is 0.277 e. The highest BCUT2D eigenvalue weighted by Gasteiger charge is 2.15. The quantitative estimate of drug-likeness (QED) is 0.770. The molecule has 3 aromatic rings. The van der Waals surface area contributed by atoms with Gasteiger partial charge in [0, 0.05) is 24.0 Å². The highest BCUT2D eigenvalue weighted by Crippen LogP contribution is 2.21. The summed E-state index contributed by atoms with van der Waals surface area (Å²) in [5.41, 5.74) is 2.23. The summed E-state index contributed by atoms with van der Waals surface area (Å²) in [4.78, 5) is 12.2. The second kappa shape index (κ2) is 6.67. The van der Waals surface area contributed by atoms with E-state index in [1.807, 2.05) is 31.2 Å². The third-order valence-electron chi connectivity index (χ3n) is 3.55. The maximum Gasteiger partial charge on any atom is 0.277 e. The topological polar surface area (TPSA) is 64.7 Å². The van der Waals surface area contributed by atoms with Gasteiger partial charge in [-0.25, -0.2) is 0 Å². The standard InChI is InChI=1S/C16H15Cl2N5O/c1-10-7-14(20-22(10)2)16(24)19-15-13(18)9-23(21-15)8-11-3-5-12(17)6-4-11/h3-7,9H,8H2,1-2H3,(H,19,21,24). The summed E-state index contributed by atoms with van der Waals surface area (Å²) >= 11 is 12.0. The lowest BCUT2D eigenvalue weighted by Gasteiger charge is -2.02. The summed E-state index contributed by atoms with van der Waals surface area (Å²) in [5.74, 6) is -0.0451. The van der Waals surface area contributed by atoms with Gasteiger partial charge in [-0.3, -0.25) is 14.2 Å². The molecule has 0 unspecified atom stereocenters. The van der Waals surface area contributed by atoms with Gasteiger partial charge >= 0.3 is 0 Å². The number of carbonyl (C=O) groups is 1. The number of amides is 1. The van der Waals surface area contributed by atoms with Crippen molar-refractivity contribution in [2.75, 3.05) is 5.32 Å². The number of benzene rings is 1. The minimum Gasteiger partial charge on any atom is -0.302 e. The van der Waals surface area contributed by atoms with Gasteiger partial charge < -0.3 is 5.32 Å². The van der Waals surface area contributed by atoms with Crippen LogP contribution in [0, 0.1) is 6.92 Å². The van der Waals surface area contributed by atoms with Crippen molar-refractivity contribution in [3.8, 4) is 0 Å². The summed E-state index contributed by atoms with van der Waals surface area (Å²) in [5, 5.41) is 12.2. The predicted octanol–water partition coefficient (Wildman–Crippen LogP) is 3.53. The predicted molar refractivity (Wildman–Crippen MR) is 93.7 cm³/mol. The van der Waals surface area contributed by atoms with Gasteiger partial charge in [0.25, 0.3) is 5.91 Å². The molecular weight excluding hydrogens is 349 g/mol.